The van der Waals surface area contributed by atoms with Crippen molar-refractivity contribution >= 4 is 15.9 Å². The second-order valence-electron chi connectivity index (χ2n) is 8.44. The molecule has 0 bridgehead atoms. The van der Waals surface area contributed by atoms with Crippen LogP contribution < -0.4 is 10.0 Å². The molecular formula is C20H28N4O4S. The molecule has 1 aliphatic carbocycles. The monoisotopic (exact) mass is 420 g/mol. The summed E-state index contributed by atoms with van der Waals surface area (Å²) >= 11 is 0. The molecular weight excluding hydrogens is 392 g/mol. The summed E-state index contributed by atoms with van der Waals surface area (Å²) in [6, 6.07) is 9.34. The van der Waals surface area contributed by atoms with Crippen LogP contribution in [0.5, 0.6) is 0 Å². The third-order valence-electron chi connectivity index (χ3n) is 5.20. The molecule has 0 saturated heterocycles. The average molecular weight is 421 g/mol. The third-order valence-corrected chi connectivity index (χ3v) is 7.36. The number of nitrogens with one attached hydrogen (secondary N) is 2. The van der Waals surface area contributed by atoms with Crippen LogP contribution in [-0.2, 0) is 10.0 Å². The Morgan fingerprint density at radius 2 is 1.79 bits per heavy atom. The first kappa shape index (κ1) is 21.4. The van der Waals surface area contributed by atoms with Crippen molar-refractivity contribution in [3.63, 3.8) is 0 Å². The van der Waals surface area contributed by atoms with Crippen molar-refractivity contribution in [2.24, 2.45) is 5.92 Å². The van der Waals surface area contributed by atoms with E-state index >= 15 is 0 Å². The van der Waals surface area contributed by atoms with Crippen molar-refractivity contribution in [2.45, 2.75) is 57.2 Å². The lowest BCUT2D eigenvalue weighted by Crippen LogP contribution is -2.43. The molecule has 1 saturated carbocycles. The van der Waals surface area contributed by atoms with Gasteiger partial charge in [-0.3, -0.25) is 4.79 Å². The highest BCUT2D eigenvalue weighted by atomic mass is 32.2. The molecule has 2 N–H and O–H groups in total. The molecule has 9 heteroatoms. The number of rotatable bonds is 6. The van der Waals surface area contributed by atoms with E-state index in [4.69, 9.17) is 4.52 Å². The SMILES string of the molecule is CC(C)(C)S(=O)(=O)NC[C@H]1CC[C@H](NC(=O)c2nc(-c3ccccc3)no2)CC1. The van der Waals surface area contributed by atoms with Crippen LogP contribution in [0.2, 0.25) is 0 Å². The molecule has 8 nitrogen and oxygen atoms in total. The topological polar surface area (TPSA) is 114 Å². The molecule has 0 spiro atoms. The van der Waals surface area contributed by atoms with Crippen molar-refractivity contribution < 1.29 is 17.7 Å². The third kappa shape index (κ3) is 5.42. The quantitative estimate of drug-likeness (QED) is 0.743. The van der Waals surface area contributed by atoms with Gasteiger partial charge in [-0.2, -0.15) is 4.98 Å². The van der Waals surface area contributed by atoms with Gasteiger partial charge in [0.05, 0.1) is 4.75 Å². The van der Waals surface area contributed by atoms with Gasteiger partial charge in [-0.25, -0.2) is 13.1 Å². The molecule has 1 amide bonds. The average Bonchev–Trinajstić information content (AvgIpc) is 3.18. The zero-order valence-electron chi connectivity index (χ0n) is 17.0. The van der Waals surface area contributed by atoms with Gasteiger partial charge in [-0.15, -0.1) is 0 Å². The maximum absolute atomic E-state index is 12.4. The summed E-state index contributed by atoms with van der Waals surface area (Å²) in [5, 5.41) is 6.81. The van der Waals surface area contributed by atoms with E-state index in [2.05, 4.69) is 20.2 Å². The van der Waals surface area contributed by atoms with Gasteiger partial charge < -0.3 is 9.84 Å². The van der Waals surface area contributed by atoms with Crippen LogP contribution >= 0.6 is 0 Å². The fourth-order valence-electron chi connectivity index (χ4n) is 3.22. The molecule has 0 unspecified atom stereocenters. The number of sulfonamides is 1. The van der Waals surface area contributed by atoms with Crippen LogP contribution in [0, 0.1) is 5.92 Å². The van der Waals surface area contributed by atoms with Crippen LogP contribution in [0.3, 0.4) is 0 Å². The lowest BCUT2D eigenvalue weighted by molar-refractivity contribution is 0.0878. The Morgan fingerprint density at radius 3 is 2.41 bits per heavy atom. The van der Waals surface area contributed by atoms with Crippen LogP contribution in [0.15, 0.2) is 34.9 Å². The molecule has 29 heavy (non-hydrogen) atoms. The van der Waals surface area contributed by atoms with Crippen molar-refractivity contribution in [2.75, 3.05) is 6.54 Å². The predicted octanol–water partition coefficient (Wildman–Crippen LogP) is 2.74. The number of amides is 1. The van der Waals surface area contributed by atoms with E-state index in [1.807, 2.05) is 30.3 Å². The molecule has 158 valence electrons. The fraction of sp³-hybridized carbons (Fsp3) is 0.550. The summed E-state index contributed by atoms with van der Waals surface area (Å²) in [6.45, 7) is 5.48. The van der Waals surface area contributed by atoms with Crippen molar-refractivity contribution in [1.82, 2.24) is 20.2 Å². The summed E-state index contributed by atoms with van der Waals surface area (Å²) in [5.74, 6) is 0.222. The minimum atomic E-state index is -3.33. The maximum atomic E-state index is 12.4. The van der Waals surface area contributed by atoms with Gasteiger partial charge >= 0.3 is 11.8 Å². The molecule has 1 fully saturated rings. The van der Waals surface area contributed by atoms with Gasteiger partial charge in [0.1, 0.15) is 0 Å². The summed E-state index contributed by atoms with van der Waals surface area (Å²) in [5.41, 5.74) is 0.786. The first-order valence-electron chi connectivity index (χ1n) is 9.85. The van der Waals surface area contributed by atoms with E-state index in [-0.39, 0.29) is 23.8 Å². The molecule has 1 aliphatic rings. The largest absolute Gasteiger partial charge is 0.345 e. The minimum absolute atomic E-state index is 0.0186. The molecule has 2 aromatic rings. The van der Waals surface area contributed by atoms with E-state index in [0.717, 1.165) is 31.2 Å². The number of aromatic nitrogens is 2. The number of benzene rings is 1. The van der Waals surface area contributed by atoms with Gasteiger partial charge in [0.25, 0.3) is 0 Å². The van der Waals surface area contributed by atoms with Crippen LogP contribution in [0.25, 0.3) is 11.4 Å². The molecule has 3 rings (SSSR count). The fourth-order valence-corrected chi connectivity index (χ4v) is 4.11. The lowest BCUT2D eigenvalue weighted by Gasteiger charge is -2.29. The summed E-state index contributed by atoms with van der Waals surface area (Å²) in [7, 11) is -3.33. The maximum Gasteiger partial charge on any atom is 0.316 e. The Labute approximate surface area is 171 Å². The lowest BCUT2D eigenvalue weighted by atomic mass is 9.86. The highest BCUT2D eigenvalue weighted by Gasteiger charge is 2.30. The van der Waals surface area contributed by atoms with Crippen LogP contribution in [0.4, 0.5) is 0 Å². The smallest absolute Gasteiger partial charge is 0.316 e. The zero-order valence-corrected chi connectivity index (χ0v) is 17.8. The number of carbonyl (C=O) groups is 1. The van der Waals surface area contributed by atoms with Gasteiger partial charge in [-0.05, 0) is 52.4 Å². The molecule has 0 radical (unpaired) electrons. The standard InChI is InChI=1S/C20H28N4O4S/c1-20(2,3)29(26,27)21-13-14-9-11-16(12-10-14)22-18(25)19-23-17(24-28-19)15-7-5-4-6-8-15/h4-8,14,16,21H,9-13H2,1-3H3,(H,22,25)/t14-,16-. The molecule has 0 aliphatic heterocycles. The first-order valence-corrected chi connectivity index (χ1v) is 11.3. The van der Waals surface area contributed by atoms with Crippen molar-refractivity contribution in [3.8, 4) is 11.4 Å². The molecule has 1 aromatic heterocycles. The van der Waals surface area contributed by atoms with E-state index in [1.165, 1.54) is 0 Å². The predicted molar refractivity (Wildman–Crippen MR) is 110 cm³/mol. The minimum Gasteiger partial charge on any atom is -0.345 e. The normalized spacial score (nSPS) is 20.4. The number of hydrogen-bond acceptors (Lipinski definition) is 6. The Hall–Kier alpha value is -2.26. The number of hydrogen-bond donors (Lipinski definition) is 2. The van der Waals surface area contributed by atoms with Crippen molar-refractivity contribution in [3.05, 3.63) is 36.2 Å². The Balaban J connectivity index is 1.47. The summed E-state index contributed by atoms with van der Waals surface area (Å²) < 4.78 is 31.4. The highest BCUT2D eigenvalue weighted by Crippen LogP contribution is 2.25. The molecule has 1 aromatic carbocycles. The van der Waals surface area contributed by atoms with Gasteiger partial charge in [0.15, 0.2) is 0 Å². The molecule has 0 atom stereocenters. The Morgan fingerprint density at radius 1 is 1.14 bits per heavy atom. The van der Waals surface area contributed by atoms with Crippen LogP contribution in [-0.4, -0.2) is 41.8 Å². The number of nitrogens with zero attached hydrogens (tertiary/aromatic N) is 2. The second kappa shape index (κ2) is 8.62. The van der Waals surface area contributed by atoms with Gasteiger partial charge in [0, 0.05) is 18.2 Å². The Bertz CT molecular complexity index is 927. The van der Waals surface area contributed by atoms with Crippen LogP contribution in [0.1, 0.15) is 57.1 Å². The second-order valence-corrected chi connectivity index (χ2v) is 11.0. The van der Waals surface area contributed by atoms with E-state index in [0.29, 0.717) is 12.4 Å². The highest BCUT2D eigenvalue weighted by molar-refractivity contribution is 7.90. The molecule has 1 heterocycles. The van der Waals surface area contributed by atoms with E-state index < -0.39 is 14.8 Å². The van der Waals surface area contributed by atoms with E-state index in [1.54, 1.807) is 20.8 Å². The van der Waals surface area contributed by atoms with E-state index in [9.17, 15) is 13.2 Å². The summed E-state index contributed by atoms with van der Waals surface area (Å²) in [6.07, 6.45) is 3.26. The first-order chi connectivity index (χ1) is 13.7. The number of carbonyl (C=O) groups excluding carboxylic acids is 1. The van der Waals surface area contributed by atoms with Gasteiger partial charge in [0.2, 0.25) is 15.8 Å². The van der Waals surface area contributed by atoms with Crippen molar-refractivity contribution in [1.29, 1.82) is 0 Å². The zero-order chi connectivity index (χ0) is 21.1. The van der Waals surface area contributed by atoms with Gasteiger partial charge in [-0.1, -0.05) is 35.5 Å². The Kier molecular flexibility index (Phi) is 6.38. The summed E-state index contributed by atoms with van der Waals surface area (Å²) in [4.78, 5) is 16.6.